The Morgan fingerprint density at radius 2 is 2.00 bits per heavy atom. The van der Waals surface area contributed by atoms with Crippen molar-refractivity contribution in [2.24, 2.45) is 11.0 Å². The molecular formula is C10H18N2O. The highest BCUT2D eigenvalue weighted by Crippen LogP contribution is 2.20. The highest BCUT2D eigenvalue weighted by molar-refractivity contribution is 6.06. The van der Waals surface area contributed by atoms with E-state index in [0.717, 1.165) is 18.6 Å². The fourth-order valence-corrected chi connectivity index (χ4v) is 1.58. The Kier molecular flexibility index (Phi) is 3.07. The van der Waals surface area contributed by atoms with Crippen LogP contribution in [0.3, 0.4) is 0 Å². The largest absolute Gasteiger partial charge is 0.272 e. The van der Waals surface area contributed by atoms with Crippen LogP contribution >= 0.6 is 0 Å². The van der Waals surface area contributed by atoms with Crippen LogP contribution in [0.15, 0.2) is 5.10 Å². The predicted octanol–water partition coefficient (Wildman–Crippen LogP) is 2.03. The van der Waals surface area contributed by atoms with Crippen LogP contribution in [0.25, 0.3) is 0 Å². The average molecular weight is 182 g/mol. The van der Waals surface area contributed by atoms with Crippen molar-refractivity contribution in [3.8, 4) is 0 Å². The van der Waals surface area contributed by atoms with Crippen LogP contribution in [0.5, 0.6) is 0 Å². The second-order valence-electron chi connectivity index (χ2n) is 3.62. The fraction of sp³-hybridized carbons (Fsp3) is 0.800. The molecule has 0 N–H and O–H groups in total. The molecule has 0 aromatic rings. The van der Waals surface area contributed by atoms with Crippen LogP contribution in [-0.2, 0) is 4.79 Å². The Hall–Kier alpha value is -0.860. The first-order chi connectivity index (χ1) is 6.11. The summed E-state index contributed by atoms with van der Waals surface area (Å²) in [4.78, 5) is 11.7. The lowest BCUT2D eigenvalue weighted by atomic mass is 10.1. The maximum atomic E-state index is 11.7. The molecule has 1 unspecified atom stereocenters. The summed E-state index contributed by atoms with van der Waals surface area (Å²) in [5.74, 6) is 0.145. The Morgan fingerprint density at radius 3 is 2.31 bits per heavy atom. The number of carbonyl (C=O) groups is 1. The van der Waals surface area contributed by atoms with Gasteiger partial charge in [0.15, 0.2) is 0 Å². The summed E-state index contributed by atoms with van der Waals surface area (Å²) in [5.41, 5.74) is 0.942. The van der Waals surface area contributed by atoms with Gasteiger partial charge in [0, 0.05) is 5.71 Å². The molecule has 0 saturated carbocycles. The highest BCUT2D eigenvalue weighted by Gasteiger charge is 2.32. The van der Waals surface area contributed by atoms with E-state index in [2.05, 4.69) is 18.9 Å². The van der Waals surface area contributed by atoms with Gasteiger partial charge in [-0.2, -0.15) is 5.10 Å². The van der Waals surface area contributed by atoms with Gasteiger partial charge in [0.1, 0.15) is 0 Å². The van der Waals surface area contributed by atoms with E-state index < -0.39 is 0 Å². The molecule has 13 heavy (non-hydrogen) atoms. The monoisotopic (exact) mass is 182 g/mol. The van der Waals surface area contributed by atoms with E-state index in [-0.39, 0.29) is 17.9 Å². The first-order valence-electron chi connectivity index (χ1n) is 4.99. The number of nitrogens with zero attached hydrogens (tertiary/aromatic N) is 2. The van der Waals surface area contributed by atoms with Gasteiger partial charge in [0.25, 0.3) is 5.91 Å². The van der Waals surface area contributed by atoms with Crippen molar-refractivity contribution in [2.75, 3.05) is 0 Å². The number of hydrogen-bond donors (Lipinski definition) is 0. The van der Waals surface area contributed by atoms with Gasteiger partial charge in [0.2, 0.25) is 0 Å². The van der Waals surface area contributed by atoms with Crippen molar-refractivity contribution in [1.29, 1.82) is 0 Å². The topological polar surface area (TPSA) is 32.7 Å². The normalized spacial score (nSPS) is 22.8. The lowest BCUT2D eigenvalue weighted by Gasteiger charge is -2.22. The second-order valence-corrected chi connectivity index (χ2v) is 3.62. The molecule has 1 amide bonds. The number of rotatable bonds is 3. The number of amides is 1. The lowest BCUT2D eigenvalue weighted by molar-refractivity contribution is -0.133. The molecule has 0 fully saturated rings. The average Bonchev–Trinajstić information content (AvgIpc) is 2.36. The minimum Gasteiger partial charge on any atom is -0.272 e. The van der Waals surface area contributed by atoms with Crippen molar-refractivity contribution in [1.82, 2.24) is 5.01 Å². The standard InChI is InChI=1S/C10H18N2O/c1-5-9(6-2)12-10(13)7(3)8(4)11-12/h7,9H,5-6H2,1-4H3. The molecule has 1 atom stereocenters. The van der Waals surface area contributed by atoms with Crippen LogP contribution in [0, 0.1) is 5.92 Å². The summed E-state index contributed by atoms with van der Waals surface area (Å²) in [6.07, 6.45) is 1.96. The maximum Gasteiger partial charge on any atom is 0.251 e. The van der Waals surface area contributed by atoms with E-state index >= 15 is 0 Å². The van der Waals surface area contributed by atoms with Crippen molar-refractivity contribution >= 4 is 11.6 Å². The molecule has 3 heteroatoms. The van der Waals surface area contributed by atoms with E-state index in [1.807, 2.05) is 13.8 Å². The summed E-state index contributed by atoms with van der Waals surface area (Å²) in [6.45, 7) is 8.03. The Labute approximate surface area is 79.8 Å². The lowest BCUT2D eigenvalue weighted by Crippen LogP contribution is -2.34. The highest BCUT2D eigenvalue weighted by atomic mass is 16.2. The molecule has 0 aromatic heterocycles. The van der Waals surface area contributed by atoms with Gasteiger partial charge in [-0.3, -0.25) is 4.79 Å². The minimum atomic E-state index is -0.0133. The molecule has 1 rings (SSSR count). The van der Waals surface area contributed by atoms with Gasteiger partial charge in [-0.05, 0) is 26.7 Å². The van der Waals surface area contributed by atoms with Crippen LogP contribution in [-0.4, -0.2) is 22.7 Å². The molecule has 0 saturated heterocycles. The molecule has 0 bridgehead atoms. The summed E-state index contributed by atoms with van der Waals surface area (Å²) in [7, 11) is 0. The van der Waals surface area contributed by atoms with E-state index in [0.29, 0.717) is 0 Å². The van der Waals surface area contributed by atoms with Crippen LogP contribution in [0.1, 0.15) is 40.5 Å². The van der Waals surface area contributed by atoms with E-state index in [1.54, 1.807) is 5.01 Å². The van der Waals surface area contributed by atoms with Gasteiger partial charge in [-0.15, -0.1) is 0 Å². The van der Waals surface area contributed by atoms with Gasteiger partial charge < -0.3 is 0 Å². The molecule has 0 radical (unpaired) electrons. The van der Waals surface area contributed by atoms with Gasteiger partial charge in [-0.1, -0.05) is 13.8 Å². The zero-order valence-corrected chi connectivity index (χ0v) is 8.87. The molecule has 0 aromatic carbocycles. The molecule has 1 aliphatic heterocycles. The minimum absolute atomic E-state index is 0.0133. The zero-order valence-electron chi connectivity index (χ0n) is 8.87. The summed E-state index contributed by atoms with van der Waals surface area (Å²) < 4.78 is 0. The molecule has 0 spiro atoms. The number of hydrazone groups is 1. The quantitative estimate of drug-likeness (QED) is 0.657. The van der Waals surface area contributed by atoms with Crippen LogP contribution in [0.4, 0.5) is 0 Å². The molecule has 1 heterocycles. The summed E-state index contributed by atoms with van der Waals surface area (Å²) in [6, 6.07) is 0.285. The van der Waals surface area contributed by atoms with Gasteiger partial charge >= 0.3 is 0 Å². The summed E-state index contributed by atoms with van der Waals surface area (Å²) in [5, 5.41) is 5.96. The smallest absolute Gasteiger partial charge is 0.251 e. The zero-order chi connectivity index (χ0) is 10.0. The fourth-order valence-electron chi connectivity index (χ4n) is 1.58. The molecule has 1 aliphatic rings. The van der Waals surface area contributed by atoms with Crippen molar-refractivity contribution < 1.29 is 4.79 Å². The van der Waals surface area contributed by atoms with Crippen molar-refractivity contribution in [3.05, 3.63) is 0 Å². The van der Waals surface area contributed by atoms with E-state index in [4.69, 9.17) is 0 Å². The Bertz CT molecular complexity index is 231. The molecule has 3 nitrogen and oxygen atoms in total. The first-order valence-corrected chi connectivity index (χ1v) is 4.99. The second kappa shape index (κ2) is 3.90. The van der Waals surface area contributed by atoms with Crippen LogP contribution in [0.2, 0.25) is 0 Å². The first kappa shape index (κ1) is 10.2. The summed E-state index contributed by atoms with van der Waals surface area (Å²) >= 11 is 0. The van der Waals surface area contributed by atoms with Gasteiger partial charge in [-0.25, -0.2) is 5.01 Å². The SMILES string of the molecule is CCC(CC)N1N=C(C)C(C)C1=O. The van der Waals surface area contributed by atoms with Crippen LogP contribution < -0.4 is 0 Å². The third kappa shape index (κ3) is 1.74. The molecule has 0 aliphatic carbocycles. The molecular weight excluding hydrogens is 164 g/mol. The Balaban J connectivity index is 2.77. The van der Waals surface area contributed by atoms with Crippen molar-refractivity contribution in [2.45, 2.75) is 46.6 Å². The van der Waals surface area contributed by atoms with E-state index in [1.165, 1.54) is 0 Å². The predicted molar refractivity (Wildman–Crippen MR) is 53.5 cm³/mol. The van der Waals surface area contributed by atoms with E-state index in [9.17, 15) is 4.79 Å². The third-order valence-corrected chi connectivity index (χ3v) is 2.78. The van der Waals surface area contributed by atoms with Gasteiger partial charge in [0.05, 0.1) is 12.0 Å². The third-order valence-electron chi connectivity index (χ3n) is 2.78. The molecule has 74 valence electrons. The number of hydrogen-bond acceptors (Lipinski definition) is 2. The van der Waals surface area contributed by atoms with Crippen molar-refractivity contribution in [3.63, 3.8) is 0 Å². The maximum absolute atomic E-state index is 11.7. The number of carbonyl (C=O) groups excluding carboxylic acids is 1. The Morgan fingerprint density at radius 1 is 1.46 bits per heavy atom.